The van der Waals surface area contributed by atoms with Crippen LogP contribution in [0.4, 0.5) is 5.69 Å². The number of hydrogen-bond donors (Lipinski definition) is 1. The van der Waals surface area contributed by atoms with Crippen molar-refractivity contribution < 1.29 is 4.79 Å². The molecule has 92 valence electrons. The predicted octanol–water partition coefficient (Wildman–Crippen LogP) is 3.34. The van der Waals surface area contributed by atoms with Gasteiger partial charge in [0.25, 0.3) is 5.91 Å². The molecule has 0 bridgehead atoms. The van der Waals surface area contributed by atoms with Crippen molar-refractivity contribution in [3.8, 4) is 0 Å². The Morgan fingerprint density at radius 1 is 1.22 bits per heavy atom. The van der Waals surface area contributed by atoms with Gasteiger partial charge in [0.05, 0.1) is 11.3 Å². The van der Waals surface area contributed by atoms with Crippen molar-refractivity contribution in [3.63, 3.8) is 0 Å². The fraction of sp³-hybridized carbons (Fsp3) is 0.0833. The molecule has 0 atom stereocenters. The molecule has 1 amide bonds. The molecule has 2 aromatic rings. The highest BCUT2D eigenvalue weighted by molar-refractivity contribution is 6.34. The normalized spacial score (nSPS) is 10.2. The summed E-state index contributed by atoms with van der Waals surface area (Å²) in [5, 5.41) is 3.02. The molecular weight excluding hydrogens is 273 g/mol. The van der Waals surface area contributed by atoms with Crippen LogP contribution in [-0.4, -0.2) is 15.9 Å². The van der Waals surface area contributed by atoms with Crippen LogP contribution in [0.2, 0.25) is 10.3 Å². The first kappa shape index (κ1) is 12.8. The Morgan fingerprint density at radius 2 is 2.00 bits per heavy atom. The molecule has 0 spiro atoms. The van der Waals surface area contributed by atoms with Crippen LogP contribution in [0.25, 0.3) is 0 Å². The van der Waals surface area contributed by atoms with Crippen LogP contribution in [0.5, 0.6) is 0 Å². The van der Waals surface area contributed by atoms with Crippen LogP contribution < -0.4 is 5.32 Å². The zero-order valence-electron chi connectivity index (χ0n) is 9.45. The van der Waals surface area contributed by atoms with Gasteiger partial charge in [-0.15, -0.1) is 0 Å². The Bertz CT molecular complexity index is 602. The van der Waals surface area contributed by atoms with E-state index in [2.05, 4.69) is 15.3 Å². The zero-order chi connectivity index (χ0) is 13.1. The molecule has 0 aliphatic rings. The van der Waals surface area contributed by atoms with Crippen molar-refractivity contribution >= 4 is 34.8 Å². The average Bonchev–Trinajstić information content (AvgIpc) is 2.33. The summed E-state index contributed by atoms with van der Waals surface area (Å²) in [6.45, 7) is 1.81. The maximum atomic E-state index is 12.0. The lowest BCUT2D eigenvalue weighted by molar-refractivity contribution is 0.102. The Balaban J connectivity index is 2.24. The Hall–Kier alpha value is -1.65. The van der Waals surface area contributed by atoms with E-state index < -0.39 is 0 Å². The van der Waals surface area contributed by atoms with Crippen molar-refractivity contribution in [3.05, 3.63) is 52.0 Å². The third-order valence-corrected chi connectivity index (χ3v) is 2.83. The van der Waals surface area contributed by atoms with Crippen LogP contribution >= 0.6 is 23.2 Å². The molecule has 18 heavy (non-hydrogen) atoms. The summed E-state index contributed by atoms with van der Waals surface area (Å²) < 4.78 is 0. The van der Waals surface area contributed by atoms with Gasteiger partial charge in [-0.2, -0.15) is 0 Å². The van der Waals surface area contributed by atoms with Crippen molar-refractivity contribution in [1.29, 1.82) is 0 Å². The second kappa shape index (κ2) is 5.33. The minimum absolute atomic E-state index is 0.145. The average molecular weight is 282 g/mol. The molecule has 4 nitrogen and oxygen atoms in total. The Labute approximate surface area is 114 Å². The van der Waals surface area contributed by atoms with E-state index in [4.69, 9.17) is 23.2 Å². The standard InChI is InChI=1S/C12H9Cl2N3O/c1-7-4-5-9(11(14)16-7)17-12(18)8-3-2-6-15-10(8)13/h2-6H,1H3,(H,17,18). The second-order valence-corrected chi connectivity index (χ2v) is 4.30. The summed E-state index contributed by atoms with van der Waals surface area (Å²) in [5.74, 6) is -0.374. The monoisotopic (exact) mass is 281 g/mol. The number of carbonyl (C=O) groups is 1. The van der Waals surface area contributed by atoms with Gasteiger partial charge in [-0.3, -0.25) is 4.79 Å². The van der Waals surface area contributed by atoms with Crippen LogP contribution in [-0.2, 0) is 0 Å². The third-order valence-electron chi connectivity index (χ3n) is 2.24. The number of nitrogens with one attached hydrogen (secondary N) is 1. The molecule has 0 saturated heterocycles. The summed E-state index contributed by atoms with van der Waals surface area (Å²) in [5.41, 5.74) is 1.50. The lowest BCUT2D eigenvalue weighted by atomic mass is 10.2. The van der Waals surface area contributed by atoms with Gasteiger partial charge >= 0.3 is 0 Å². The van der Waals surface area contributed by atoms with E-state index in [9.17, 15) is 4.79 Å². The maximum absolute atomic E-state index is 12.0. The number of aryl methyl sites for hydroxylation is 1. The maximum Gasteiger partial charge on any atom is 0.258 e. The van der Waals surface area contributed by atoms with Crippen LogP contribution in [0.3, 0.4) is 0 Å². The van der Waals surface area contributed by atoms with Crippen molar-refractivity contribution in [2.75, 3.05) is 5.32 Å². The molecule has 0 fully saturated rings. The number of aromatic nitrogens is 2. The highest BCUT2D eigenvalue weighted by Gasteiger charge is 2.12. The summed E-state index contributed by atoms with van der Waals surface area (Å²) in [6, 6.07) is 6.66. The zero-order valence-corrected chi connectivity index (χ0v) is 11.0. The van der Waals surface area contributed by atoms with E-state index in [1.54, 1.807) is 24.3 Å². The molecule has 0 aliphatic carbocycles. The van der Waals surface area contributed by atoms with E-state index in [-0.39, 0.29) is 21.8 Å². The van der Waals surface area contributed by atoms with Gasteiger partial charge in [0.15, 0.2) is 5.15 Å². The number of carbonyl (C=O) groups excluding carboxylic acids is 1. The third kappa shape index (κ3) is 2.78. The predicted molar refractivity (Wildman–Crippen MR) is 71.2 cm³/mol. The number of pyridine rings is 2. The van der Waals surface area contributed by atoms with Gasteiger partial charge < -0.3 is 5.32 Å². The molecule has 1 N–H and O–H groups in total. The SMILES string of the molecule is Cc1ccc(NC(=O)c2cccnc2Cl)c(Cl)n1. The van der Waals surface area contributed by atoms with E-state index in [1.165, 1.54) is 6.20 Å². The van der Waals surface area contributed by atoms with Crippen LogP contribution in [0, 0.1) is 6.92 Å². The first-order valence-electron chi connectivity index (χ1n) is 5.13. The smallest absolute Gasteiger partial charge is 0.258 e. The van der Waals surface area contributed by atoms with E-state index in [1.807, 2.05) is 6.92 Å². The molecular formula is C12H9Cl2N3O. The highest BCUT2D eigenvalue weighted by atomic mass is 35.5. The number of nitrogens with zero attached hydrogens (tertiary/aromatic N) is 2. The van der Waals surface area contributed by atoms with Gasteiger partial charge in [-0.25, -0.2) is 9.97 Å². The van der Waals surface area contributed by atoms with Crippen LogP contribution in [0.1, 0.15) is 16.1 Å². The fourth-order valence-corrected chi connectivity index (χ4v) is 1.81. The van der Waals surface area contributed by atoms with E-state index in [0.717, 1.165) is 5.69 Å². The molecule has 0 radical (unpaired) electrons. The Morgan fingerprint density at radius 3 is 2.67 bits per heavy atom. The molecule has 0 saturated carbocycles. The second-order valence-electron chi connectivity index (χ2n) is 3.59. The van der Waals surface area contributed by atoms with E-state index in [0.29, 0.717) is 5.69 Å². The van der Waals surface area contributed by atoms with Crippen molar-refractivity contribution in [2.45, 2.75) is 6.92 Å². The molecule has 0 aliphatic heterocycles. The van der Waals surface area contributed by atoms with Crippen LogP contribution in [0.15, 0.2) is 30.5 Å². The fourth-order valence-electron chi connectivity index (χ4n) is 1.36. The van der Waals surface area contributed by atoms with Gasteiger partial charge in [-0.05, 0) is 31.2 Å². The van der Waals surface area contributed by atoms with Gasteiger partial charge in [0.1, 0.15) is 5.15 Å². The molecule has 6 heteroatoms. The molecule has 0 aromatic carbocycles. The lowest BCUT2D eigenvalue weighted by Crippen LogP contribution is -2.13. The number of hydrogen-bond acceptors (Lipinski definition) is 3. The number of amides is 1. The number of anilines is 1. The first-order valence-corrected chi connectivity index (χ1v) is 5.88. The molecule has 2 heterocycles. The summed E-state index contributed by atoms with van der Waals surface area (Å²) >= 11 is 11.8. The van der Waals surface area contributed by atoms with Gasteiger partial charge in [0, 0.05) is 11.9 Å². The van der Waals surface area contributed by atoms with Crippen molar-refractivity contribution in [1.82, 2.24) is 9.97 Å². The molecule has 2 aromatic heterocycles. The van der Waals surface area contributed by atoms with Gasteiger partial charge in [0.2, 0.25) is 0 Å². The highest BCUT2D eigenvalue weighted by Crippen LogP contribution is 2.21. The minimum Gasteiger partial charge on any atom is -0.319 e. The summed E-state index contributed by atoms with van der Waals surface area (Å²) in [7, 11) is 0. The topological polar surface area (TPSA) is 54.9 Å². The largest absolute Gasteiger partial charge is 0.319 e. The molecule has 0 unspecified atom stereocenters. The number of halogens is 2. The van der Waals surface area contributed by atoms with Gasteiger partial charge in [-0.1, -0.05) is 23.2 Å². The summed E-state index contributed by atoms with van der Waals surface area (Å²) in [6.07, 6.45) is 1.51. The van der Waals surface area contributed by atoms with Crippen molar-refractivity contribution in [2.24, 2.45) is 0 Å². The quantitative estimate of drug-likeness (QED) is 0.859. The summed E-state index contributed by atoms with van der Waals surface area (Å²) in [4.78, 5) is 19.8. The Kier molecular flexibility index (Phi) is 3.79. The number of rotatable bonds is 2. The first-order chi connectivity index (χ1) is 8.58. The lowest BCUT2D eigenvalue weighted by Gasteiger charge is -2.07. The van der Waals surface area contributed by atoms with E-state index >= 15 is 0 Å². The molecule has 2 rings (SSSR count). The minimum atomic E-state index is -0.374.